The van der Waals surface area contributed by atoms with Gasteiger partial charge in [-0.2, -0.15) is 0 Å². The number of carbonyl (C=O) groups excluding carboxylic acids is 1. The fourth-order valence-electron chi connectivity index (χ4n) is 2.28. The van der Waals surface area contributed by atoms with Crippen molar-refractivity contribution in [2.24, 2.45) is 11.7 Å². The van der Waals surface area contributed by atoms with Crippen molar-refractivity contribution in [3.63, 3.8) is 0 Å². The average molecular weight is 333 g/mol. The summed E-state index contributed by atoms with van der Waals surface area (Å²) >= 11 is 6.01. The summed E-state index contributed by atoms with van der Waals surface area (Å²) in [5, 5.41) is 3.62. The van der Waals surface area contributed by atoms with Crippen molar-refractivity contribution in [1.29, 1.82) is 0 Å². The van der Waals surface area contributed by atoms with Gasteiger partial charge in [0.2, 0.25) is 0 Å². The van der Waals surface area contributed by atoms with Crippen molar-refractivity contribution in [2.45, 2.75) is 32.2 Å². The molecule has 0 saturated heterocycles. The van der Waals surface area contributed by atoms with E-state index in [0.29, 0.717) is 23.2 Å². The topological polar surface area (TPSA) is 64.3 Å². The molecule has 6 heteroatoms. The Labute approximate surface area is 136 Å². The summed E-state index contributed by atoms with van der Waals surface area (Å²) in [6.45, 7) is 4.28. The second-order valence-corrected chi connectivity index (χ2v) is 6.00. The first-order valence-electron chi connectivity index (χ1n) is 6.85. The first-order valence-corrected chi connectivity index (χ1v) is 7.23. The van der Waals surface area contributed by atoms with E-state index in [1.165, 1.54) is 0 Å². The second-order valence-electron chi connectivity index (χ2n) is 5.60. The van der Waals surface area contributed by atoms with E-state index >= 15 is 0 Å². The number of halogens is 2. The van der Waals surface area contributed by atoms with Crippen LogP contribution in [0.1, 0.15) is 25.3 Å². The minimum absolute atomic E-state index is 0. The zero-order chi connectivity index (χ0) is 14.8. The second kappa shape index (κ2) is 7.34. The highest BCUT2D eigenvalue weighted by molar-refractivity contribution is 6.31. The predicted molar refractivity (Wildman–Crippen MR) is 87.3 cm³/mol. The van der Waals surface area contributed by atoms with Gasteiger partial charge in [0.15, 0.2) is 6.61 Å². The Balaban J connectivity index is 0.00000220. The number of ether oxygens (including phenoxy) is 1. The summed E-state index contributed by atoms with van der Waals surface area (Å²) in [7, 11) is 0. The quantitative estimate of drug-likeness (QED) is 0.841. The van der Waals surface area contributed by atoms with Crippen LogP contribution in [0.4, 0.5) is 0 Å². The van der Waals surface area contributed by atoms with Crippen molar-refractivity contribution >= 4 is 29.9 Å². The van der Waals surface area contributed by atoms with Crippen LogP contribution in [0.15, 0.2) is 18.2 Å². The van der Waals surface area contributed by atoms with E-state index < -0.39 is 0 Å². The van der Waals surface area contributed by atoms with Crippen LogP contribution in [0.2, 0.25) is 5.02 Å². The molecule has 0 bridgehead atoms. The van der Waals surface area contributed by atoms with Gasteiger partial charge in [-0.05, 0) is 44.7 Å². The summed E-state index contributed by atoms with van der Waals surface area (Å²) in [5.41, 5.74) is 6.30. The maximum Gasteiger partial charge on any atom is 0.258 e. The molecule has 0 aliphatic heterocycles. The minimum atomic E-state index is -0.316. The summed E-state index contributed by atoms with van der Waals surface area (Å²) < 4.78 is 5.53. The number of hydrogen-bond acceptors (Lipinski definition) is 3. The van der Waals surface area contributed by atoms with Gasteiger partial charge in [-0.1, -0.05) is 17.7 Å². The van der Waals surface area contributed by atoms with E-state index in [2.05, 4.69) is 5.32 Å². The summed E-state index contributed by atoms with van der Waals surface area (Å²) in [6.07, 6.45) is 2.25. The van der Waals surface area contributed by atoms with E-state index in [4.69, 9.17) is 22.1 Å². The lowest BCUT2D eigenvalue weighted by atomic mass is 9.96. The lowest BCUT2D eigenvalue weighted by Crippen LogP contribution is -2.54. The van der Waals surface area contributed by atoms with E-state index in [-0.39, 0.29) is 30.5 Å². The molecule has 0 radical (unpaired) electrons. The number of rotatable bonds is 6. The van der Waals surface area contributed by atoms with Crippen LogP contribution < -0.4 is 15.8 Å². The monoisotopic (exact) mass is 332 g/mol. The van der Waals surface area contributed by atoms with Crippen molar-refractivity contribution in [3.05, 3.63) is 28.8 Å². The van der Waals surface area contributed by atoms with Gasteiger partial charge in [0, 0.05) is 17.1 Å². The molecule has 1 aliphatic carbocycles. The van der Waals surface area contributed by atoms with Gasteiger partial charge in [-0.15, -0.1) is 12.4 Å². The van der Waals surface area contributed by atoms with Crippen LogP contribution in [0, 0.1) is 12.8 Å². The molecule has 1 amide bonds. The summed E-state index contributed by atoms with van der Waals surface area (Å²) in [4.78, 5) is 12.0. The molecule has 21 heavy (non-hydrogen) atoms. The first kappa shape index (κ1) is 18.1. The van der Waals surface area contributed by atoms with Crippen LogP contribution in [0.25, 0.3) is 0 Å². The zero-order valence-electron chi connectivity index (χ0n) is 12.3. The van der Waals surface area contributed by atoms with Crippen LogP contribution in [-0.4, -0.2) is 24.6 Å². The molecular weight excluding hydrogens is 311 g/mol. The van der Waals surface area contributed by atoms with E-state index in [1.54, 1.807) is 18.2 Å². The molecule has 1 atom stereocenters. The van der Waals surface area contributed by atoms with Crippen molar-refractivity contribution in [1.82, 2.24) is 5.32 Å². The van der Waals surface area contributed by atoms with Crippen LogP contribution in [-0.2, 0) is 4.79 Å². The van der Waals surface area contributed by atoms with E-state index in [1.807, 2.05) is 13.8 Å². The number of hydrogen-bond donors (Lipinski definition) is 2. The van der Waals surface area contributed by atoms with Crippen molar-refractivity contribution in [3.8, 4) is 5.75 Å². The molecule has 1 unspecified atom stereocenters. The fraction of sp³-hybridized carbons (Fsp3) is 0.533. The SMILES string of the molecule is Cc1c(Cl)cccc1OCC(=O)NC(C)(CN)C1CC1.Cl. The molecular formula is C15H22Cl2N2O2. The molecule has 1 aliphatic rings. The third-order valence-electron chi connectivity index (χ3n) is 3.90. The molecule has 1 fully saturated rings. The van der Waals surface area contributed by atoms with Gasteiger partial charge in [0.05, 0.1) is 5.54 Å². The molecule has 2 rings (SSSR count). The maximum absolute atomic E-state index is 12.0. The Bertz CT molecular complexity index is 506. The molecule has 1 aromatic rings. The fourth-order valence-corrected chi connectivity index (χ4v) is 2.45. The van der Waals surface area contributed by atoms with Gasteiger partial charge in [0.25, 0.3) is 5.91 Å². The van der Waals surface area contributed by atoms with Crippen molar-refractivity contribution < 1.29 is 9.53 Å². The number of amides is 1. The van der Waals surface area contributed by atoms with Crippen LogP contribution >= 0.6 is 24.0 Å². The van der Waals surface area contributed by atoms with Crippen LogP contribution in [0.5, 0.6) is 5.75 Å². The highest BCUT2D eigenvalue weighted by atomic mass is 35.5. The molecule has 0 aromatic heterocycles. The lowest BCUT2D eigenvalue weighted by Gasteiger charge is -2.29. The minimum Gasteiger partial charge on any atom is -0.483 e. The molecule has 4 nitrogen and oxygen atoms in total. The summed E-state index contributed by atoms with van der Waals surface area (Å²) in [6, 6.07) is 5.40. The van der Waals surface area contributed by atoms with Gasteiger partial charge >= 0.3 is 0 Å². The largest absolute Gasteiger partial charge is 0.483 e. The highest BCUT2D eigenvalue weighted by Gasteiger charge is 2.41. The van der Waals surface area contributed by atoms with Gasteiger partial charge in [-0.3, -0.25) is 4.79 Å². The smallest absolute Gasteiger partial charge is 0.258 e. The lowest BCUT2D eigenvalue weighted by molar-refractivity contribution is -0.125. The Hall–Kier alpha value is -0.970. The third kappa shape index (κ3) is 4.50. The molecule has 1 saturated carbocycles. The Kier molecular flexibility index (Phi) is 6.32. The third-order valence-corrected chi connectivity index (χ3v) is 4.31. The number of carbonyl (C=O) groups is 1. The zero-order valence-corrected chi connectivity index (χ0v) is 13.9. The molecule has 0 spiro atoms. The van der Waals surface area contributed by atoms with Gasteiger partial charge < -0.3 is 15.8 Å². The normalized spacial score (nSPS) is 16.6. The Morgan fingerprint density at radius 3 is 2.76 bits per heavy atom. The van der Waals surface area contributed by atoms with Crippen molar-refractivity contribution in [2.75, 3.05) is 13.2 Å². The maximum atomic E-state index is 12.0. The average Bonchev–Trinajstić information content (AvgIpc) is 3.25. The Morgan fingerprint density at radius 1 is 1.52 bits per heavy atom. The molecule has 118 valence electrons. The highest BCUT2D eigenvalue weighted by Crippen LogP contribution is 2.38. The summed E-state index contributed by atoms with van der Waals surface area (Å²) in [5.74, 6) is 0.974. The Morgan fingerprint density at radius 2 is 2.19 bits per heavy atom. The van der Waals surface area contributed by atoms with Crippen LogP contribution in [0.3, 0.4) is 0 Å². The predicted octanol–water partition coefficient (Wildman–Crippen LogP) is 2.69. The van der Waals surface area contributed by atoms with E-state index in [9.17, 15) is 4.79 Å². The molecule has 0 heterocycles. The number of nitrogens with two attached hydrogens (primary N) is 1. The van der Waals surface area contributed by atoms with E-state index in [0.717, 1.165) is 18.4 Å². The molecule has 1 aromatic carbocycles. The van der Waals surface area contributed by atoms with Gasteiger partial charge in [-0.25, -0.2) is 0 Å². The first-order chi connectivity index (χ1) is 9.46. The number of benzene rings is 1. The standard InChI is InChI=1S/C15H21ClN2O2.ClH/c1-10-12(16)4-3-5-13(10)20-8-14(19)18-15(2,9-17)11-6-7-11;/h3-5,11H,6-9,17H2,1-2H3,(H,18,19);1H. The molecule has 3 N–H and O–H groups in total. The number of nitrogens with one attached hydrogen (secondary N) is 1. The van der Waals surface area contributed by atoms with Gasteiger partial charge in [0.1, 0.15) is 5.75 Å².